The lowest BCUT2D eigenvalue weighted by Gasteiger charge is -2.08. The Morgan fingerprint density at radius 2 is 2.11 bits per heavy atom. The van der Waals surface area contributed by atoms with Crippen LogP contribution in [0.5, 0.6) is 0 Å². The van der Waals surface area contributed by atoms with Gasteiger partial charge in [0.15, 0.2) is 6.61 Å². The third-order valence-electron chi connectivity index (χ3n) is 2.96. The van der Waals surface area contributed by atoms with E-state index in [0.29, 0.717) is 21.7 Å². The number of hydrogen-bond acceptors (Lipinski definition) is 3. The van der Waals surface area contributed by atoms with E-state index in [9.17, 15) is 9.59 Å². The Balaban J connectivity index is 1.82. The van der Waals surface area contributed by atoms with E-state index < -0.39 is 5.91 Å². The summed E-state index contributed by atoms with van der Waals surface area (Å²) in [5, 5.41) is 3.38. The quantitative estimate of drug-likeness (QED) is 0.869. The maximum atomic E-state index is 11.6. The molecular formula is C13H13Cl2NO3. The highest BCUT2D eigenvalue weighted by atomic mass is 35.5. The molecule has 102 valence electrons. The molecule has 1 fully saturated rings. The lowest BCUT2D eigenvalue weighted by Crippen LogP contribution is -2.21. The normalized spacial score (nSPS) is 20.8. The Morgan fingerprint density at radius 1 is 1.42 bits per heavy atom. The Hall–Kier alpha value is -1.26. The van der Waals surface area contributed by atoms with Crippen LogP contribution in [-0.4, -0.2) is 18.5 Å². The van der Waals surface area contributed by atoms with Crippen LogP contribution in [0.15, 0.2) is 18.2 Å². The Kier molecular flexibility index (Phi) is 4.32. The summed E-state index contributed by atoms with van der Waals surface area (Å²) in [5.41, 5.74) is 0.437. The van der Waals surface area contributed by atoms with Crippen molar-refractivity contribution in [3.8, 4) is 0 Å². The highest BCUT2D eigenvalue weighted by molar-refractivity contribution is 6.36. The zero-order chi connectivity index (χ0) is 14.0. The first-order valence-electron chi connectivity index (χ1n) is 5.89. The summed E-state index contributed by atoms with van der Waals surface area (Å²) in [6.45, 7) is 1.67. The fourth-order valence-corrected chi connectivity index (χ4v) is 2.13. The highest BCUT2D eigenvalue weighted by Gasteiger charge is 2.40. The third kappa shape index (κ3) is 3.85. The molecule has 1 amide bonds. The van der Waals surface area contributed by atoms with E-state index in [2.05, 4.69) is 5.32 Å². The van der Waals surface area contributed by atoms with Crippen molar-refractivity contribution in [2.45, 2.75) is 13.3 Å². The summed E-state index contributed by atoms with van der Waals surface area (Å²) < 4.78 is 4.91. The lowest BCUT2D eigenvalue weighted by atomic mass is 10.3. The first-order chi connectivity index (χ1) is 8.97. The van der Waals surface area contributed by atoms with Gasteiger partial charge >= 0.3 is 5.97 Å². The number of amides is 1. The van der Waals surface area contributed by atoms with Crippen LogP contribution >= 0.6 is 23.2 Å². The number of anilines is 1. The SMILES string of the molecule is C[C@@H]1C[C@@H]1C(=O)OCC(=O)Nc1ccc(Cl)cc1Cl. The second-order valence-electron chi connectivity index (χ2n) is 4.60. The molecule has 0 unspecified atom stereocenters. The first-order valence-corrected chi connectivity index (χ1v) is 6.64. The van der Waals surface area contributed by atoms with Crippen LogP contribution in [-0.2, 0) is 14.3 Å². The monoisotopic (exact) mass is 301 g/mol. The van der Waals surface area contributed by atoms with E-state index in [1.807, 2.05) is 6.92 Å². The van der Waals surface area contributed by atoms with Gasteiger partial charge in [-0.05, 0) is 30.5 Å². The fraction of sp³-hybridized carbons (Fsp3) is 0.385. The van der Waals surface area contributed by atoms with Crippen molar-refractivity contribution in [3.63, 3.8) is 0 Å². The standard InChI is InChI=1S/C13H13Cl2NO3/c1-7-4-9(7)13(18)19-6-12(17)16-11-3-2-8(14)5-10(11)15/h2-3,5,7,9H,4,6H2,1H3,(H,16,17)/t7-,9+/m1/s1. The van der Waals surface area contributed by atoms with E-state index in [1.165, 1.54) is 6.07 Å². The van der Waals surface area contributed by atoms with Crippen LogP contribution in [0.1, 0.15) is 13.3 Å². The lowest BCUT2D eigenvalue weighted by molar-refractivity contribution is -0.148. The maximum Gasteiger partial charge on any atom is 0.309 e. The Labute approximate surface area is 121 Å². The number of benzene rings is 1. The number of halogens is 2. The van der Waals surface area contributed by atoms with Gasteiger partial charge in [-0.1, -0.05) is 30.1 Å². The van der Waals surface area contributed by atoms with Crippen molar-refractivity contribution in [2.24, 2.45) is 11.8 Å². The van der Waals surface area contributed by atoms with Crippen molar-refractivity contribution in [3.05, 3.63) is 28.2 Å². The summed E-state index contributed by atoms with van der Waals surface area (Å²) in [6.07, 6.45) is 0.837. The van der Waals surface area contributed by atoms with Gasteiger partial charge in [-0.15, -0.1) is 0 Å². The molecule has 1 N–H and O–H groups in total. The summed E-state index contributed by atoms with van der Waals surface area (Å²) in [7, 11) is 0. The third-order valence-corrected chi connectivity index (χ3v) is 3.51. The highest BCUT2D eigenvalue weighted by Crippen LogP contribution is 2.38. The average molecular weight is 302 g/mol. The van der Waals surface area contributed by atoms with Crippen molar-refractivity contribution >= 4 is 40.8 Å². The predicted octanol–water partition coefficient (Wildman–Crippen LogP) is 3.13. The predicted molar refractivity (Wildman–Crippen MR) is 73.3 cm³/mol. The molecule has 2 rings (SSSR count). The number of ether oxygens (including phenoxy) is 1. The van der Waals surface area contributed by atoms with Crippen molar-refractivity contribution in [2.75, 3.05) is 11.9 Å². The van der Waals surface area contributed by atoms with Gasteiger partial charge < -0.3 is 10.1 Å². The number of rotatable bonds is 4. The number of esters is 1. The largest absolute Gasteiger partial charge is 0.455 e. The molecule has 4 nitrogen and oxygen atoms in total. The molecule has 1 aromatic carbocycles. The summed E-state index contributed by atoms with van der Waals surface area (Å²) >= 11 is 11.7. The molecule has 1 aromatic rings. The molecule has 1 aliphatic carbocycles. The zero-order valence-corrected chi connectivity index (χ0v) is 11.8. The maximum absolute atomic E-state index is 11.6. The number of carbonyl (C=O) groups excluding carboxylic acids is 2. The van der Waals surface area contributed by atoms with E-state index in [-0.39, 0.29) is 18.5 Å². The van der Waals surface area contributed by atoms with Crippen LogP contribution < -0.4 is 5.32 Å². The molecule has 0 spiro atoms. The molecule has 0 heterocycles. The summed E-state index contributed by atoms with van der Waals surface area (Å²) in [6, 6.07) is 4.73. The fourth-order valence-electron chi connectivity index (χ4n) is 1.67. The van der Waals surface area contributed by atoms with Crippen LogP contribution in [0.25, 0.3) is 0 Å². The minimum Gasteiger partial charge on any atom is -0.455 e. The smallest absolute Gasteiger partial charge is 0.309 e. The Morgan fingerprint density at radius 3 is 2.68 bits per heavy atom. The van der Waals surface area contributed by atoms with Gasteiger partial charge in [0, 0.05) is 5.02 Å². The van der Waals surface area contributed by atoms with Crippen molar-refractivity contribution in [1.82, 2.24) is 0 Å². The van der Waals surface area contributed by atoms with Gasteiger partial charge in [0.25, 0.3) is 5.91 Å². The number of hydrogen-bond donors (Lipinski definition) is 1. The van der Waals surface area contributed by atoms with Gasteiger partial charge in [0.05, 0.1) is 16.6 Å². The molecule has 1 saturated carbocycles. The topological polar surface area (TPSA) is 55.4 Å². The molecule has 19 heavy (non-hydrogen) atoms. The molecule has 6 heteroatoms. The minimum absolute atomic E-state index is 0.0491. The van der Waals surface area contributed by atoms with Gasteiger partial charge in [0.2, 0.25) is 0 Å². The Bertz CT molecular complexity index is 519. The molecule has 2 atom stereocenters. The van der Waals surface area contributed by atoms with Crippen molar-refractivity contribution in [1.29, 1.82) is 0 Å². The first kappa shape index (κ1) is 14.2. The molecular weight excluding hydrogens is 289 g/mol. The van der Waals surface area contributed by atoms with E-state index >= 15 is 0 Å². The van der Waals surface area contributed by atoms with Gasteiger partial charge in [-0.25, -0.2) is 0 Å². The molecule has 0 aromatic heterocycles. The van der Waals surface area contributed by atoms with Crippen LogP contribution in [0, 0.1) is 11.8 Å². The van der Waals surface area contributed by atoms with E-state index in [4.69, 9.17) is 27.9 Å². The molecule has 0 bridgehead atoms. The van der Waals surface area contributed by atoms with Crippen LogP contribution in [0.2, 0.25) is 10.0 Å². The minimum atomic E-state index is -0.425. The molecule has 1 aliphatic rings. The van der Waals surface area contributed by atoms with Crippen molar-refractivity contribution < 1.29 is 14.3 Å². The zero-order valence-electron chi connectivity index (χ0n) is 10.3. The van der Waals surface area contributed by atoms with Gasteiger partial charge in [0.1, 0.15) is 0 Å². The molecule has 0 radical (unpaired) electrons. The van der Waals surface area contributed by atoms with E-state index in [1.54, 1.807) is 12.1 Å². The average Bonchev–Trinajstić information content (AvgIpc) is 3.07. The second-order valence-corrected chi connectivity index (χ2v) is 5.44. The molecule has 0 aliphatic heterocycles. The van der Waals surface area contributed by atoms with E-state index in [0.717, 1.165) is 6.42 Å². The second kappa shape index (κ2) is 5.80. The van der Waals surface area contributed by atoms with Gasteiger partial charge in [-0.2, -0.15) is 0 Å². The summed E-state index contributed by atoms with van der Waals surface area (Å²) in [5.74, 6) is -0.427. The summed E-state index contributed by atoms with van der Waals surface area (Å²) in [4.78, 5) is 23.0. The number of nitrogens with one attached hydrogen (secondary N) is 1. The van der Waals surface area contributed by atoms with Crippen LogP contribution in [0.4, 0.5) is 5.69 Å². The van der Waals surface area contributed by atoms with Crippen LogP contribution in [0.3, 0.4) is 0 Å². The number of carbonyl (C=O) groups is 2. The van der Waals surface area contributed by atoms with Gasteiger partial charge in [-0.3, -0.25) is 9.59 Å². The molecule has 0 saturated heterocycles.